The summed E-state index contributed by atoms with van der Waals surface area (Å²) in [5.41, 5.74) is -2.21. The van der Waals surface area contributed by atoms with E-state index < -0.39 is 27.8 Å². The first-order valence-electron chi connectivity index (χ1n) is 11.9. The van der Waals surface area contributed by atoms with E-state index in [1.807, 2.05) is 0 Å². The van der Waals surface area contributed by atoms with Gasteiger partial charge >= 0.3 is 6.18 Å². The van der Waals surface area contributed by atoms with Crippen LogP contribution in [-0.2, 0) is 15.6 Å². The van der Waals surface area contributed by atoms with Gasteiger partial charge in [0.2, 0.25) is 10.0 Å². The van der Waals surface area contributed by atoms with E-state index in [0.717, 1.165) is 12.3 Å². The number of alkyl halides is 3. The fourth-order valence-corrected chi connectivity index (χ4v) is 7.02. The molecule has 2 atom stereocenters. The van der Waals surface area contributed by atoms with Crippen LogP contribution in [0.2, 0.25) is 10.2 Å². The lowest BCUT2D eigenvalue weighted by molar-refractivity contribution is -0.258. The van der Waals surface area contributed by atoms with Gasteiger partial charge in [0.25, 0.3) is 0 Å². The molecule has 3 heterocycles. The molecule has 2 N–H and O–H groups in total. The molecule has 5 rings (SSSR count). The minimum Gasteiger partial charge on any atom is -0.376 e. The molecule has 0 radical (unpaired) electrons. The van der Waals surface area contributed by atoms with Crippen LogP contribution < -0.4 is 4.72 Å². The first-order chi connectivity index (χ1) is 19.3. The summed E-state index contributed by atoms with van der Waals surface area (Å²) in [5, 5.41) is 11.4. The molecule has 0 saturated heterocycles. The number of hydrogen-bond donors (Lipinski definition) is 2. The van der Waals surface area contributed by atoms with Crippen molar-refractivity contribution in [2.24, 2.45) is 0 Å². The Morgan fingerprint density at radius 1 is 0.976 bits per heavy atom. The lowest BCUT2D eigenvalue weighted by atomic mass is 9.94. The van der Waals surface area contributed by atoms with Gasteiger partial charge in [-0.25, -0.2) is 13.4 Å². The Labute approximate surface area is 247 Å². The second-order valence-electron chi connectivity index (χ2n) is 9.26. The minimum atomic E-state index is -4.90. The van der Waals surface area contributed by atoms with E-state index in [2.05, 4.69) is 14.7 Å². The fourth-order valence-electron chi connectivity index (χ4n) is 4.20. The third-order valence-electron chi connectivity index (χ3n) is 6.50. The Hall–Kier alpha value is -3.06. The van der Waals surface area contributed by atoms with Gasteiger partial charge in [-0.2, -0.15) is 17.9 Å². The second kappa shape index (κ2) is 11.0. The van der Waals surface area contributed by atoms with Gasteiger partial charge in [-0.1, -0.05) is 59.6 Å². The molecule has 13 heteroatoms. The number of halogens is 5. The van der Waals surface area contributed by atoms with E-state index in [1.54, 1.807) is 48.5 Å². The highest BCUT2D eigenvalue weighted by molar-refractivity contribution is 7.89. The van der Waals surface area contributed by atoms with Crippen LogP contribution in [0.25, 0.3) is 21.3 Å². The maximum absolute atomic E-state index is 13.5. The van der Waals surface area contributed by atoms with Crippen molar-refractivity contribution < 1.29 is 26.7 Å². The van der Waals surface area contributed by atoms with Crippen LogP contribution in [0.15, 0.2) is 90.1 Å². The van der Waals surface area contributed by atoms with Crippen molar-refractivity contribution in [2.45, 2.75) is 29.6 Å². The number of nitrogens with zero attached hydrogens (tertiary/aromatic N) is 2. The number of thiophene rings is 1. The molecule has 0 aliphatic heterocycles. The van der Waals surface area contributed by atoms with Gasteiger partial charge in [-0.05, 0) is 59.8 Å². The average molecular weight is 639 g/mol. The summed E-state index contributed by atoms with van der Waals surface area (Å²) in [4.78, 5) is 8.60. The van der Waals surface area contributed by atoms with E-state index in [4.69, 9.17) is 23.2 Å². The van der Waals surface area contributed by atoms with Crippen molar-refractivity contribution >= 4 is 54.6 Å². The molecular weight excluding hydrogens is 618 g/mol. The van der Waals surface area contributed by atoms with Gasteiger partial charge in [0.1, 0.15) is 10.0 Å². The summed E-state index contributed by atoms with van der Waals surface area (Å²) in [7, 11) is -4.09. The number of benzene rings is 2. The lowest BCUT2D eigenvalue weighted by Gasteiger charge is -2.26. The molecule has 6 nitrogen and oxygen atoms in total. The molecule has 0 aliphatic carbocycles. The largest absolute Gasteiger partial charge is 0.421 e. The minimum absolute atomic E-state index is 0.0986. The third-order valence-corrected chi connectivity index (χ3v) is 9.72. The summed E-state index contributed by atoms with van der Waals surface area (Å²) in [6, 6.07) is 17.9. The van der Waals surface area contributed by atoms with Gasteiger partial charge in [-0.15, -0.1) is 11.3 Å². The predicted molar refractivity (Wildman–Crippen MR) is 154 cm³/mol. The van der Waals surface area contributed by atoms with Crippen molar-refractivity contribution in [3.63, 3.8) is 0 Å². The number of rotatable bonds is 7. The standard InChI is InChI=1S/C28H20Cl2F3N3O3S2/c1-27(37,28(31,32)33)17-11-12-34-22(14-17)20-7-4-5-16-13-23(40-26(16)20)25(19-6-2-3-8-21(19)29)36-41(38,39)18-9-10-24(30)35-15-18/h2-15,25,36-37H,1H3/t25?,27-/m0/s1. The summed E-state index contributed by atoms with van der Waals surface area (Å²) in [5.74, 6) is 0. The normalized spacial score (nSPS) is 14.6. The SMILES string of the molecule is C[C@](O)(c1ccnc(-c2cccc3cc(C(NS(=O)(=O)c4ccc(Cl)nc4)c4ccccc4Cl)sc23)c1)C(F)(F)F. The summed E-state index contributed by atoms with van der Waals surface area (Å²) >= 11 is 13.6. The van der Waals surface area contributed by atoms with Crippen LogP contribution in [0.4, 0.5) is 13.2 Å². The predicted octanol–water partition coefficient (Wildman–Crippen LogP) is 7.50. The second-order valence-corrected chi connectivity index (χ2v) is 12.9. The summed E-state index contributed by atoms with van der Waals surface area (Å²) in [6.07, 6.45) is -2.54. The Balaban J connectivity index is 1.63. The zero-order valence-electron chi connectivity index (χ0n) is 21.0. The lowest BCUT2D eigenvalue weighted by Crippen LogP contribution is -2.39. The number of sulfonamides is 1. The smallest absolute Gasteiger partial charge is 0.376 e. The van der Waals surface area contributed by atoms with Crippen LogP contribution in [0, 0.1) is 0 Å². The monoisotopic (exact) mass is 637 g/mol. The van der Waals surface area contributed by atoms with E-state index in [0.29, 0.717) is 38.0 Å². The molecule has 3 aromatic heterocycles. The summed E-state index contributed by atoms with van der Waals surface area (Å²) in [6.45, 7) is 0.687. The first-order valence-corrected chi connectivity index (χ1v) is 15.0. The Morgan fingerprint density at radius 2 is 1.73 bits per heavy atom. The zero-order valence-corrected chi connectivity index (χ0v) is 24.2. The molecule has 5 aromatic rings. The van der Waals surface area contributed by atoms with Crippen LogP contribution in [0.5, 0.6) is 0 Å². The van der Waals surface area contributed by atoms with Crippen LogP contribution in [-0.4, -0.2) is 29.7 Å². The maximum Gasteiger partial charge on any atom is 0.421 e. The molecule has 0 bridgehead atoms. The van der Waals surface area contributed by atoms with Crippen LogP contribution >= 0.6 is 34.5 Å². The molecule has 0 spiro atoms. The van der Waals surface area contributed by atoms with Gasteiger partial charge < -0.3 is 5.11 Å². The van der Waals surface area contributed by atoms with Crippen LogP contribution in [0.1, 0.15) is 29.0 Å². The molecule has 0 saturated carbocycles. The van der Waals surface area contributed by atoms with Gasteiger partial charge in [0.15, 0.2) is 5.60 Å². The van der Waals surface area contributed by atoms with Crippen molar-refractivity contribution in [1.29, 1.82) is 0 Å². The van der Waals surface area contributed by atoms with Gasteiger partial charge in [0.05, 0.1) is 11.7 Å². The summed E-state index contributed by atoms with van der Waals surface area (Å²) < 4.78 is 70.7. The topological polar surface area (TPSA) is 92.2 Å². The molecule has 41 heavy (non-hydrogen) atoms. The van der Waals surface area contributed by atoms with Crippen molar-refractivity contribution in [1.82, 2.24) is 14.7 Å². The van der Waals surface area contributed by atoms with Gasteiger partial charge in [-0.3, -0.25) is 4.98 Å². The molecule has 212 valence electrons. The number of aliphatic hydroxyl groups is 1. The first kappa shape index (κ1) is 29.4. The molecule has 0 amide bonds. The van der Waals surface area contributed by atoms with Gasteiger partial charge in [0, 0.05) is 32.6 Å². The van der Waals surface area contributed by atoms with E-state index in [1.165, 1.54) is 35.7 Å². The number of fused-ring (bicyclic) bond motifs is 1. The fraction of sp³-hybridized carbons (Fsp3) is 0.143. The highest BCUT2D eigenvalue weighted by Gasteiger charge is 2.51. The third kappa shape index (κ3) is 5.83. The van der Waals surface area contributed by atoms with E-state index in [-0.39, 0.29) is 21.3 Å². The Kier molecular flexibility index (Phi) is 7.88. The van der Waals surface area contributed by atoms with Crippen molar-refractivity contribution in [3.8, 4) is 11.3 Å². The molecular formula is C28H20Cl2F3N3O3S2. The number of aromatic nitrogens is 2. The molecule has 0 fully saturated rings. The highest BCUT2D eigenvalue weighted by atomic mass is 35.5. The highest BCUT2D eigenvalue weighted by Crippen LogP contribution is 2.42. The van der Waals surface area contributed by atoms with E-state index in [9.17, 15) is 26.7 Å². The zero-order chi connectivity index (χ0) is 29.6. The average Bonchev–Trinajstić information content (AvgIpc) is 3.36. The maximum atomic E-state index is 13.5. The number of pyridine rings is 2. The van der Waals surface area contributed by atoms with Crippen molar-refractivity contribution in [3.05, 3.63) is 111 Å². The Morgan fingerprint density at radius 3 is 2.41 bits per heavy atom. The van der Waals surface area contributed by atoms with Crippen molar-refractivity contribution in [2.75, 3.05) is 0 Å². The molecule has 0 aliphatic rings. The molecule has 1 unspecified atom stereocenters. The molecule has 2 aromatic carbocycles. The Bertz CT molecular complexity index is 1840. The number of nitrogens with one attached hydrogen (secondary N) is 1. The number of hydrogen-bond acceptors (Lipinski definition) is 6. The quantitative estimate of drug-likeness (QED) is 0.180. The van der Waals surface area contributed by atoms with E-state index >= 15 is 0 Å². The van der Waals surface area contributed by atoms with Crippen LogP contribution in [0.3, 0.4) is 0 Å².